The van der Waals surface area contributed by atoms with Gasteiger partial charge < -0.3 is 10.1 Å². The van der Waals surface area contributed by atoms with Crippen molar-refractivity contribution in [1.82, 2.24) is 5.32 Å². The maximum Gasteiger partial charge on any atom is 0.0953 e. The summed E-state index contributed by atoms with van der Waals surface area (Å²) in [7, 11) is 0. The Morgan fingerprint density at radius 3 is 2.62 bits per heavy atom. The van der Waals surface area contributed by atoms with Crippen LogP contribution >= 0.6 is 0 Å². The molecule has 1 saturated heterocycles. The molecule has 1 aromatic rings. The molecule has 0 spiro atoms. The number of hydrogen-bond donors (Lipinski definition) is 1. The van der Waals surface area contributed by atoms with Crippen LogP contribution in [0, 0.1) is 5.92 Å². The van der Waals surface area contributed by atoms with E-state index in [2.05, 4.69) is 29.6 Å². The lowest BCUT2D eigenvalue weighted by Crippen LogP contribution is -2.41. The van der Waals surface area contributed by atoms with Gasteiger partial charge in [-0.2, -0.15) is 0 Å². The molecular formula is C19H27NO. The van der Waals surface area contributed by atoms with Crippen LogP contribution in [0.15, 0.2) is 24.3 Å². The van der Waals surface area contributed by atoms with Crippen molar-refractivity contribution in [2.75, 3.05) is 13.1 Å². The van der Waals surface area contributed by atoms with Crippen molar-refractivity contribution in [3.05, 3.63) is 35.4 Å². The van der Waals surface area contributed by atoms with E-state index in [1.54, 1.807) is 0 Å². The first-order chi connectivity index (χ1) is 10.4. The van der Waals surface area contributed by atoms with E-state index in [4.69, 9.17) is 4.74 Å². The van der Waals surface area contributed by atoms with Crippen molar-refractivity contribution in [1.29, 1.82) is 0 Å². The van der Waals surface area contributed by atoms with E-state index >= 15 is 0 Å². The van der Waals surface area contributed by atoms with E-state index < -0.39 is 0 Å². The Labute approximate surface area is 128 Å². The van der Waals surface area contributed by atoms with E-state index in [1.165, 1.54) is 56.1 Å². The summed E-state index contributed by atoms with van der Waals surface area (Å²) in [6.07, 6.45) is 10.4. The Bertz CT molecular complexity index is 476. The van der Waals surface area contributed by atoms with Gasteiger partial charge >= 0.3 is 0 Å². The molecule has 2 aliphatic carbocycles. The molecule has 2 saturated carbocycles. The maximum absolute atomic E-state index is 6.43. The van der Waals surface area contributed by atoms with Crippen LogP contribution in [0.3, 0.4) is 0 Å². The highest BCUT2D eigenvalue weighted by Crippen LogP contribution is 2.41. The van der Waals surface area contributed by atoms with Gasteiger partial charge in [0, 0.05) is 13.1 Å². The minimum atomic E-state index is 0.254. The quantitative estimate of drug-likeness (QED) is 0.896. The second-order valence-electron chi connectivity index (χ2n) is 7.24. The summed E-state index contributed by atoms with van der Waals surface area (Å²) in [5, 5.41) is 3.60. The van der Waals surface area contributed by atoms with E-state index in [-0.39, 0.29) is 6.10 Å². The smallest absolute Gasteiger partial charge is 0.0953 e. The van der Waals surface area contributed by atoms with Gasteiger partial charge in [-0.15, -0.1) is 0 Å². The SMILES string of the molecule is c1cc(C2CC2)cc(C2CNCC(CC3CCCC3)O2)c1. The minimum Gasteiger partial charge on any atom is -0.368 e. The van der Waals surface area contributed by atoms with Gasteiger partial charge in [-0.1, -0.05) is 49.9 Å². The minimum absolute atomic E-state index is 0.254. The molecule has 1 aliphatic heterocycles. The van der Waals surface area contributed by atoms with E-state index in [9.17, 15) is 0 Å². The predicted molar refractivity (Wildman–Crippen MR) is 85.5 cm³/mol. The van der Waals surface area contributed by atoms with Gasteiger partial charge in [0.25, 0.3) is 0 Å². The largest absolute Gasteiger partial charge is 0.368 e. The molecule has 114 valence electrons. The number of nitrogens with one attached hydrogen (secondary N) is 1. The highest BCUT2D eigenvalue weighted by molar-refractivity contribution is 5.30. The van der Waals surface area contributed by atoms with Crippen molar-refractivity contribution >= 4 is 0 Å². The van der Waals surface area contributed by atoms with Gasteiger partial charge in [-0.05, 0) is 42.2 Å². The summed E-state index contributed by atoms with van der Waals surface area (Å²) in [5.41, 5.74) is 2.90. The van der Waals surface area contributed by atoms with Crippen molar-refractivity contribution in [3.8, 4) is 0 Å². The van der Waals surface area contributed by atoms with Gasteiger partial charge in [-0.25, -0.2) is 0 Å². The number of ether oxygens (including phenoxy) is 1. The fourth-order valence-electron chi connectivity index (χ4n) is 4.09. The van der Waals surface area contributed by atoms with Crippen molar-refractivity contribution in [2.24, 2.45) is 5.92 Å². The highest BCUT2D eigenvalue weighted by atomic mass is 16.5. The number of benzene rings is 1. The summed E-state index contributed by atoms with van der Waals surface area (Å²) in [4.78, 5) is 0. The Kier molecular flexibility index (Phi) is 4.00. The van der Waals surface area contributed by atoms with Crippen LogP contribution in [-0.2, 0) is 4.74 Å². The molecule has 1 N–H and O–H groups in total. The number of rotatable bonds is 4. The van der Waals surface area contributed by atoms with Crippen LogP contribution in [0.2, 0.25) is 0 Å². The maximum atomic E-state index is 6.43. The second kappa shape index (κ2) is 6.10. The molecular weight excluding hydrogens is 258 g/mol. The molecule has 21 heavy (non-hydrogen) atoms. The Hall–Kier alpha value is -0.860. The van der Waals surface area contributed by atoms with Crippen molar-refractivity contribution in [2.45, 2.75) is 63.1 Å². The molecule has 2 heteroatoms. The zero-order valence-electron chi connectivity index (χ0n) is 12.9. The molecule has 3 fully saturated rings. The average molecular weight is 285 g/mol. The first-order valence-electron chi connectivity index (χ1n) is 8.84. The van der Waals surface area contributed by atoms with Crippen LogP contribution < -0.4 is 5.32 Å². The average Bonchev–Trinajstić information content (AvgIpc) is 3.26. The fourth-order valence-corrected chi connectivity index (χ4v) is 4.09. The van der Waals surface area contributed by atoms with E-state index in [0.29, 0.717) is 6.10 Å². The standard InChI is InChI=1S/C19H27NO/c1-2-5-14(4-1)10-18-12-20-13-19(21-18)17-7-3-6-16(11-17)15-8-9-15/h3,6-7,11,14-15,18-20H,1-2,4-5,8-10,12-13H2. The summed E-state index contributed by atoms with van der Waals surface area (Å²) >= 11 is 0. The second-order valence-corrected chi connectivity index (χ2v) is 7.24. The molecule has 1 heterocycles. The summed E-state index contributed by atoms with van der Waals surface area (Å²) in [6.45, 7) is 2.00. The lowest BCUT2D eigenvalue weighted by molar-refractivity contribution is -0.0489. The predicted octanol–water partition coefficient (Wildman–Crippen LogP) is 4.17. The third-order valence-corrected chi connectivity index (χ3v) is 5.46. The van der Waals surface area contributed by atoms with E-state index in [0.717, 1.165) is 24.9 Å². The monoisotopic (exact) mass is 285 g/mol. The number of morpholine rings is 1. The zero-order chi connectivity index (χ0) is 14.1. The molecule has 2 atom stereocenters. The third-order valence-electron chi connectivity index (χ3n) is 5.46. The molecule has 4 rings (SSSR count). The van der Waals surface area contributed by atoms with Crippen LogP contribution in [0.1, 0.15) is 68.1 Å². The van der Waals surface area contributed by atoms with Gasteiger partial charge in [-0.3, -0.25) is 0 Å². The Morgan fingerprint density at radius 2 is 1.81 bits per heavy atom. The molecule has 1 aromatic carbocycles. The number of hydrogen-bond acceptors (Lipinski definition) is 2. The Balaban J connectivity index is 1.41. The molecule has 2 nitrogen and oxygen atoms in total. The van der Waals surface area contributed by atoms with Crippen LogP contribution in [0.25, 0.3) is 0 Å². The molecule has 0 amide bonds. The lowest BCUT2D eigenvalue weighted by atomic mass is 9.97. The van der Waals surface area contributed by atoms with Gasteiger partial charge in [0.05, 0.1) is 12.2 Å². The van der Waals surface area contributed by atoms with Gasteiger partial charge in [0.15, 0.2) is 0 Å². The Morgan fingerprint density at radius 1 is 1.00 bits per heavy atom. The lowest BCUT2D eigenvalue weighted by Gasteiger charge is -2.32. The first kappa shape index (κ1) is 13.8. The van der Waals surface area contributed by atoms with Crippen LogP contribution in [-0.4, -0.2) is 19.2 Å². The first-order valence-corrected chi connectivity index (χ1v) is 8.84. The molecule has 0 aromatic heterocycles. The van der Waals surface area contributed by atoms with Gasteiger partial charge in [0.1, 0.15) is 0 Å². The van der Waals surface area contributed by atoms with Gasteiger partial charge in [0.2, 0.25) is 0 Å². The normalized spacial score (nSPS) is 30.7. The molecule has 0 radical (unpaired) electrons. The fraction of sp³-hybridized carbons (Fsp3) is 0.684. The van der Waals surface area contributed by atoms with E-state index in [1.807, 2.05) is 0 Å². The zero-order valence-corrected chi connectivity index (χ0v) is 12.9. The van der Waals surface area contributed by atoms with Crippen molar-refractivity contribution in [3.63, 3.8) is 0 Å². The highest BCUT2D eigenvalue weighted by Gasteiger charge is 2.28. The topological polar surface area (TPSA) is 21.3 Å². The third kappa shape index (κ3) is 3.32. The summed E-state index contributed by atoms with van der Waals surface area (Å²) in [5.74, 6) is 1.74. The molecule has 3 aliphatic rings. The van der Waals surface area contributed by atoms with Crippen LogP contribution in [0.5, 0.6) is 0 Å². The molecule has 2 unspecified atom stereocenters. The van der Waals surface area contributed by atoms with Crippen molar-refractivity contribution < 1.29 is 4.74 Å². The summed E-state index contributed by atoms with van der Waals surface area (Å²) in [6, 6.07) is 9.14. The summed E-state index contributed by atoms with van der Waals surface area (Å²) < 4.78 is 6.43. The molecule has 0 bridgehead atoms. The van der Waals surface area contributed by atoms with Crippen LogP contribution in [0.4, 0.5) is 0 Å².